The molecule has 0 bridgehead atoms. The first-order valence-electron chi connectivity index (χ1n) is 7.80. The van der Waals surface area contributed by atoms with Crippen LogP contribution in [0.5, 0.6) is 5.75 Å². The van der Waals surface area contributed by atoms with Crippen molar-refractivity contribution in [2.45, 2.75) is 25.6 Å². The van der Waals surface area contributed by atoms with Crippen LogP contribution >= 0.6 is 0 Å². The van der Waals surface area contributed by atoms with E-state index in [2.05, 4.69) is 10.6 Å². The van der Waals surface area contributed by atoms with Gasteiger partial charge in [-0.25, -0.2) is 0 Å². The molecule has 136 valence electrons. The minimum atomic E-state index is -4.46. The average molecular weight is 364 g/mol. The Kier molecular flexibility index (Phi) is 4.58. The first-order chi connectivity index (χ1) is 12.2. The van der Waals surface area contributed by atoms with Crippen LogP contribution in [0.2, 0.25) is 0 Å². The molecule has 0 saturated carbocycles. The van der Waals surface area contributed by atoms with Crippen LogP contribution in [0.25, 0.3) is 0 Å². The van der Waals surface area contributed by atoms with E-state index in [1.54, 1.807) is 19.1 Å². The van der Waals surface area contributed by atoms with Crippen LogP contribution in [0.15, 0.2) is 42.5 Å². The van der Waals surface area contributed by atoms with Gasteiger partial charge in [0.1, 0.15) is 5.75 Å². The van der Waals surface area contributed by atoms with E-state index in [-0.39, 0.29) is 17.9 Å². The number of halogens is 3. The van der Waals surface area contributed by atoms with E-state index < -0.39 is 23.8 Å². The number of amides is 2. The largest absolute Gasteiger partial charge is 0.479 e. The monoisotopic (exact) mass is 364 g/mol. The smallest absolute Gasteiger partial charge is 0.416 e. The van der Waals surface area contributed by atoms with Crippen LogP contribution in [-0.4, -0.2) is 17.9 Å². The van der Waals surface area contributed by atoms with Crippen molar-refractivity contribution >= 4 is 23.2 Å². The molecule has 2 N–H and O–H groups in total. The number of hydrogen-bond donors (Lipinski definition) is 2. The lowest BCUT2D eigenvalue weighted by atomic mass is 10.1. The number of fused-ring (bicyclic) bond motifs is 1. The van der Waals surface area contributed by atoms with Crippen molar-refractivity contribution in [1.29, 1.82) is 0 Å². The maximum absolute atomic E-state index is 12.7. The molecule has 2 aromatic carbocycles. The highest BCUT2D eigenvalue weighted by atomic mass is 19.4. The van der Waals surface area contributed by atoms with E-state index in [1.165, 1.54) is 18.2 Å². The molecule has 0 spiro atoms. The molecule has 1 aliphatic heterocycles. The second-order valence-electron chi connectivity index (χ2n) is 5.88. The van der Waals surface area contributed by atoms with Gasteiger partial charge in [0.2, 0.25) is 5.91 Å². The average Bonchev–Trinajstić information content (AvgIpc) is 2.55. The zero-order valence-corrected chi connectivity index (χ0v) is 13.7. The van der Waals surface area contributed by atoms with Gasteiger partial charge in [-0.15, -0.1) is 0 Å². The van der Waals surface area contributed by atoms with Gasteiger partial charge < -0.3 is 15.4 Å². The predicted octanol–water partition coefficient (Wildman–Crippen LogP) is 3.61. The molecule has 0 radical (unpaired) electrons. The van der Waals surface area contributed by atoms with E-state index in [9.17, 15) is 22.8 Å². The summed E-state index contributed by atoms with van der Waals surface area (Å²) in [6.45, 7) is 1.61. The third-order valence-electron chi connectivity index (χ3n) is 3.81. The van der Waals surface area contributed by atoms with Gasteiger partial charge in [0, 0.05) is 5.69 Å². The lowest BCUT2D eigenvalue weighted by Gasteiger charge is -2.23. The summed E-state index contributed by atoms with van der Waals surface area (Å²) in [6, 6.07) is 9.34. The van der Waals surface area contributed by atoms with Gasteiger partial charge in [0.05, 0.1) is 17.7 Å². The molecular weight excluding hydrogens is 349 g/mol. The molecule has 0 fully saturated rings. The molecule has 26 heavy (non-hydrogen) atoms. The van der Waals surface area contributed by atoms with E-state index in [4.69, 9.17) is 4.74 Å². The molecule has 0 aliphatic carbocycles. The molecule has 1 atom stereocenters. The lowest BCUT2D eigenvalue weighted by molar-refractivity contribution is -0.137. The summed E-state index contributed by atoms with van der Waals surface area (Å²) in [4.78, 5) is 23.7. The number of alkyl halides is 3. The molecule has 0 saturated heterocycles. The van der Waals surface area contributed by atoms with Gasteiger partial charge in [-0.1, -0.05) is 18.2 Å². The number of carbonyl (C=O) groups is 2. The summed E-state index contributed by atoms with van der Waals surface area (Å²) in [5.41, 5.74) is 0.274. The Balaban J connectivity index is 1.69. The second-order valence-corrected chi connectivity index (χ2v) is 5.88. The Labute approximate surface area is 147 Å². The summed E-state index contributed by atoms with van der Waals surface area (Å²) in [6.07, 6.45) is -5.27. The molecule has 1 heterocycles. The van der Waals surface area contributed by atoms with Gasteiger partial charge in [-0.2, -0.15) is 13.2 Å². The highest BCUT2D eigenvalue weighted by molar-refractivity contribution is 5.99. The number of nitrogens with one attached hydrogen (secondary N) is 2. The molecule has 0 unspecified atom stereocenters. The molecule has 0 aromatic heterocycles. The standard InChI is InChI=1S/C18H15F3N2O3/c1-10-17(25)23-14-9-13(5-6-15(14)26-10)22-16(24)8-11-3-2-4-12(7-11)18(19,20)21/h2-7,9-10H,8H2,1H3,(H,22,24)(H,23,25)/t10-/m1/s1. The second kappa shape index (κ2) is 6.70. The Morgan fingerprint density at radius 3 is 2.73 bits per heavy atom. The molecule has 3 rings (SSSR count). The number of ether oxygens (including phenoxy) is 1. The number of hydrogen-bond acceptors (Lipinski definition) is 3. The number of rotatable bonds is 3. The molecule has 5 nitrogen and oxygen atoms in total. The maximum atomic E-state index is 12.7. The number of carbonyl (C=O) groups excluding carboxylic acids is 2. The van der Waals surface area contributed by atoms with E-state index in [1.807, 2.05) is 0 Å². The van der Waals surface area contributed by atoms with Gasteiger partial charge in [-0.05, 0) is 36.8 Å². The number of anilines is 2. The van der Waals surface area contributed by atoms with Crippen LogP contribution in [-0.2, 0) is 22.2 Å². The topological polar surface area (TPSA) is 67.4 Å². The fourth-order valence-electron chi connectivity index (χ4n) is 2.53. The fraction of sp³-hybridized carbons (Fsp3) is 0.222. The third-order valence-corrected chi connectivity index (χ3v) is 3.81. The summed E-state index contributed by atoms with van der Waals surface area (Å²) in [5, 5.41) is 5.25. The zero-order valence-electron chi connectivity index (χ0n) is 13.7. The Bertz CT molecular complexity index is 865. The number of benzene rings is 2. The van der Waals surface area contributed by atoms with Gasteiger partial charge in [0.15, 0.2) is 6.10 Å². The van der Waals surface area contributed by atoms with Crippen molar-refractivity contribution in [1.82, 2.24) is 0 Å². The Morgan fingerprint density at radius 2 is 2.00 bits per heavy atom. The molecule has 2 aromatic rings. The minimum absolute atomic E-state index is 0.207. The van der Waals surface area contributed by atoms with Gasteiger partial charge in [0.25, 0.3) is 5.91 Å². The van der Waals surface area contributed by atoms with Crippen molar-refractivity contribution in [2.75, 3.05) is 10.6 Å². The van der Waals surface area contributed by atoms with E-state index >= 15 is 0 Å². The highest BCUT2D eigenvalue weighted by Gasteiger charge is 2.30. The molecule has 2 amide bonds. The summed E-state index contributed by atoms with van der Waals surface area (Å²) in [5.74, 6) is -0.293. The normalized spacial score (nSPS) is 16.3. The van der Waals surface area contributed by atoms with Gasteiger partial charge in [-0.3, -0.25) is 9.59 Å². The Hall–Kier alpha value is -3.03. The molecule has 8 heteroatoms. The van der Waals surface area contributed by atoms with Crippen LogP contribution in [0, 0.1) is 0 Å². The first kappa shape index (κ1) is 17.8. The van der Waals surface area contributed by atoms with Crippen LogP contribution < -0.4 is 15.4 Å². The minimum Gasteiger partial charge on any atom is -0.479 e. The van der Waals surface area contributed by atoms with Crippen molar-refractivity contribution in [3.63, 3.8) is 0 Å². The molecule has 1 aliphatic rings. The summed E-state index contributed by atoms with van der Waals surface area (Å²) >= 11 is 0. The third kappa shape index (κ3) is 3.96. The quantitative estimate of drug-likeness (QED) is 0.874. The summed E-state index contributed by atoms with van der Waals surface area (Å²) < 4.78 is 43.6. The first-order valence-corrected chi connectivity index (χ1v) is 7.80. The van der Waals surface area contributed by atoms with Crippen LogP contribution in [0.4, 0.5) is 24.5 Å². The van der Waals surface area contributed by atoms with Crippen LogP contribution in [0.3, 0.4) is 0 Å². The van der Waals surface area contributed by atoms with Crippen LogP contribution in [0.1, 0.15) is 18.1 Å². The SMILES string of the molecule is C[C@H]1Oc2ccc(NC(=O)Cc3cccc(C(F)(F)F)c3)cc2NC1=O. The van der Waals surface area contributed by atoms with Crippen molar-refractivity contribution in [2.24, 2.45) is 0 Å². The van der Waals surface area contributed by atoms with Crippen molar-refractivity contribution < 1.29 is 27.5 Å². The zero-order chi connectivity index (χ0) is 18.9. The van der Waals surface area contributed by atoms with Crippen molar-refractivity contribution in [3.8, 4) is 5.75 Å². The van der Waals surface area contributed by atoms with E-state index in [0.29, 0.717) is 17.1 Å². The van der Waals surface area contributed by atoms with Crippen molar-refractivity contribution in [3.05, 3.63) is 53.6 Å². The molecular formula is C18H15F3N2O3. The highest BCUT2D eigenvalue weighted by Crippen LogP contribution is 2.32. The van der Waals surface area contributed by atoms with E-state index in [0.717, 1.165) is 12.1 Å². The predicted molar refractivity (Wildman–Crippen MR) is 88.9 cm³/mol. The van der Waals surface area contributed by atoms with Gasteiger partial charge >= 0.3 is 6.18 Å². The maximum Gasteiger partial charge on any atom is 0.416 e. The Morgan fingerprint density at radius 1 is 1.23 bits per heavy atom. The fourth-order valence-corrected chi connectivity index (χ4v) is 2.53. The lowest BCUT2D eigenvalue weighted by Crippen LogP contribution is -2.34. The summed E-state index contributed by atoms with van der Waals surface area (Å²) in [7, 11) is 0.